The molecule has 7 heteroatoms. The van der Waals surface area contributed by atoms with E-state index in [0.717, 1.165) is 28.3 Å². The Bertz CT molecular complexity index is 1090. The molecule has 0 saturated carbocycles. The number of hydrogen-bond acceptors (Lipinski definition) is 6. The van der Waals surface area contributed by atoms with Crippen LogP contribution < -0.4 is 0 Å². The van der Waals surface area contributed by atoms with E-state index in [1.165, 1.54) is 17.3 Å². The van der Waals surface area contributed by atoms with Gasteiger partial charge in [-0.05, 0) is 54.3 Å². The summed E-state index contributed by atoms with van der Waals surface area (Å²) in [6.07, 6.45) is 1.08. The molecule has 30 heavy (non-hydrogen) atoms. The van der Waals surface area contributed by atoms with E-state index in [4.69, 9.17) is 16.1 Å². The van der Waals surface area contributed by atoms with Gasteiger partial charge in [-0.25, -0.2) is 0 Å². The predicted octanol–water partition coefficient (Wildman–Crippen LogP) is 6.34. The van der Waals surface area contributed by atoms with E-state index in [2.05, 4.69) is 58.5 Å². The summed E-state index contributed by atoms with van der Waals surface area (Å²) in [5.41, 5.74) is 4.13. The molecule has 0 bridgehead atoms. The third-order valence-corrected chi connectivity index (χ3v) is 5.60. The molecule has 0 aliphatic carbocycles. The summed E-state index contributed by atoms with van der Waals surface area (Å²) in [4.78, 5) is 4.43. The summed E-state index contributed by atoms with van der Waals surface area (Å²) in [6, 6.07) is 19.8. The zero-order chi connectivity index (χ0) is 20.9. The van der Waals surface area contributed by atoms with E-state index in [1.807, 2.05) is 24.3 Å². The van der Waals surface area contributed by atoms with Gasteiger partial charge in [0.05, 0.1) is 11.4 Å². The second-order valence-corrected chi connectivity index (χ2v) is 8.79. The third-order valence-electron chi connectivity index (χ3n) is 4.45. The molecule has 0 aliphatic rings. The molecular weight excluding hydrogens is 416 g/mol. The van der Waals surface area contributed by atoms with Gasteiger partial charge in [0.2, 0.25) is 11.7 Å². The molecule has 0 amide bonds. The van der Waals surface area contributed by atoms with Crippen LogP contribution in [0.5, 0.6) is 0 Å². The highest BCUT2D eigenvalue weighted by atomic mass is 35.5. The molecule has 0 aliphatic heterocycles. The van der Waals surface area contributed by atoms with Crippen LogP contribution in [-0.4, -0.2) is 20.3 Å². The quantitative estimate of drug-likeness (QED) is 0.315. The molecule has 0 saturated heterocycles. The van der Waals surface area contributed by atoms with Gasteiger partial charge in [0, 0.05) is 16.1 Å². The van der Waals surface area contributed by atoms with Crippen LogP contribution in [0.25, 0.3) is 22.6 Å². The Labute approximate surface area is 184 Å². The van der Waals surface area contributed by atoms with Crippen LogP contribution >= 0.6 is 23.4 Å². The number of thioether (sulfide) groups is 1. The Kier molecular flexibility index (Phi) is 6.45. The highest BCUT2D eigenvalue weighted by Gasteiger charge is 2.10. The summed E-state index contributed by atoms with van der Waals surface area (Å²) in [5, 5.41) is 14.2. The van der Waals surface area contributed by atoms with Crippen molar-refractivity contribution >= 4 is 23.4 Å². The fourth-order valence-electron chi connectivity index (χ4n) is 3.00. The summed E-state index contributed by atoms with van der Waals surface area (Å²) in [6.45, 7) is 4.45. The SMILES string of the molecule is CC(C)Cc1ccc(-c2ccc(SCc3nc(-c4ccc(Cl)cc4)no3)nn2)cc1. The first kappa shape index (κ1) is 20.6. The molecular formula is C23H21ClN4OS. The van der Waals surface area contributed by atoms with Crippen molar-refractivity contribution in [2.45, 2.75) is 31.0 Å². The maximum Gasteiger partial charge on any atom is 0.237 e. The Morgan fingerprint density at radius 3 is 2.30 bits per heavy atom. The Hall–Kier alpha value is -2.70. The number of rotatable bonds is 7. The third kappa shape index (κ3) is 5.26. The van der Waals surface area contributed by atoms with E-state index in [9.17, 15) is 0 Å². The standard InChI is InChI=1S/C23H21ClN4OS/c1-15(2)13-16-3-5-17(6-4-16)20-11-12-22(27-26-20)30-14-21-25-23(28-29-21)18-7-9-19(24)10-8-18/h3-12,15H,13-14H2,1-2H3. The first-order chi connectivity index (χ1) is 14.6. The van der Waals surface area contributed by atoms with Crippen molar-refractivity contribution in [3.05, 3.63) is 77.1 Å². The van der Waals surface area contributed by atoms with E-state index < -0.39 is 0 Å². The van der Waals surface area contributed by atoms with Crippen LogP contribution in [0.15, 0.2) is 70.2 Å². The summed E-state index contributed by atoms with van der Waals surface area (Å²) in [7, 11) is 0. The van der Waals surface area contributed by atoms with E-state index in [-0.39, 0.29) is 0 Å². The molecule has 4 rings (SSSR count). The van der Waals surface area contributed by atoms with Crippen LogP contribution in [-0.2, 0) is 12.2 Å². The molecule has 0 fully saturated rings. The number of nitrogens with zero attached hydrogens (tertiary/aromatic N) is 4. The van der Waals surface area contributed by atoms with Crippen LogP contribution in [0.3, 0.4) is 0 Å². The predicted molar refractivity (Wildman–Crippen MR) is 120 cm³/mol. The molecule has 0 unspecified atom stereocenters. The fourth-order valence-corrected chi connectivity index (χ4v) is 3.78. The minimum Gasteiger partial charge on any atom is -0.338 e. The Morgan fingerprint density at radius 2 is 1.63 bits per heavy atom. The Morgan fingerprint density at radius 1 is 0.900 bits per heavy atom. The second kappa shape index (κ2) is 9.41. The molecule has 5 nitrogen and oxygen atoms in total. The van der Waals surface area contributed by atoms with E-state index in [1.54, 1.807) is 12.1 Å². The van der Waals surface area contributed by atoms with Crippen molar-refractivity contribution in [2.75, 3.05) is 0 Å². The summed E-state index contributed by atoms with van der Waals surface area (Å²) >= 11 is 7.42. The van der Waals surface area contributed by atoms with Crippen molar-refractivity contribution in [1.82, 2.24) is 20.3 Å². The number of hydrogen-bond donors (Lipinski definition) is 0. The Balaban J connectivity index is 1.36. The highest BCUT2D eigenvalue weighted by molar-refractivity contribution is 7.98. The minimum atomic E-state index is 0.526. The van der Waals surface area contributed by atoms with Gasteiger partial charge >= 0.3 is 0 Å². The molecule has 152 valence electrons. The normalized spacial score (nSPS) is 11.2. The summed E-state index contributed by atoms with van der Waals surface area (Å²) < 4.78 is 5.34. The van der Waals surface area contributed by atoms with Gasteiger partial charge < -0.3 is 4.52 Å². The average Bonchev–Trinajstić information content (AvgIpc) is 3.22. The number of aromatic nitrogens is 4. The monoisotopic (exact) mass is 436 g/mol. The summed E-state index contributed by atoms with van der Waals surface area (Å²) in [5.74, 6) is 2.26. The maximum absolute atomic E-state index is 5.92. The first-order valence-corrected chi connectivity index (χ1v) is 11.1. The molecule has 4 aromatic rings. The lowest BCUT2D eigenvalue weighted by Gasteiger charge is -2.06. The van der Waals surface area contributed by atoms with Crippen LogP contribution in [0.1, 0.15) is 25.3 Å². The average molecular weight is 437 g/mol. The lowest BCUT2D eigenvalue weighted by molar-refractivity contribution is 0.391. The molecule has 2 aromatic carbocycles. The smallest absolute Gasteiger partial charge is 0.237 e. The van der Waals surface area contributed by atoms with Gasteiger partial charge in [-0.1, -0.05) is 66.6 Å². The molecule has 2 aromatic heterocycles. The molecule has 0 radical (unpaired) electrons. The maximum atomic E-state index is 5.92. The lowest BCUT2D eigenvalue weighted by Crippen LogP contribution is -1.94. The topological polar surface area (TPSA) is 64.7 Å². The molecule has 0 N–H and O–H groups in total. The van der Waals surface area contributed by atoms with Gasteiger partial charge in [0.25, 0.3) is 0 Å². The van der Waals surface area contributed by atoms with Gasteiger partial charge in [-0.15, -0.1) is 10.2 Å². The van der Waals surface area contributed by atoms with Crippen molar-refractivity contribution in [1.29, 1.82) is 0 Å². The largest absolute Gasteiger partial charge is 0.338 e. The van der Waals surface area contributed by atoms with Gasteiger partial charge in [-0.2, -0.15) is 4.98 Å². The van der Waals surface area contributed by atoms with Crippen molar-refractivity contribution in [3.8, 4) is 22.6 Å². The van der Waals surface area contributed by atoms with Gasteiger partial charge in [0.1, 0.15) is 5.03 Å². The van der Waals surface area contributed by atoms with Crippen LogP contribution in [0.4, 0.5) is 0 Å². The first-order valence-electron chi connectivity index (χ1n) is 9.71. The van der Waals surface area contributed by atoms with Crippen molar-refractivity contribution in [3.63, 3.8) is 0 Å². The minimum absolute atomic E-state index is 0.526. The highest BCUT2D eigenvalue weighted by Crippen LogP contribution is 2.24. The molecule has 0 atom stereocenters. The number of halogens is 1. The number of benzene rings is 2. The zero-order valence-electron chi connectivity index (χ0n) is 16.7. The van der Waals surface area contributed by atoms with E-state index >= 15 is 0 Å². The van der Waals surface area contributed by atoms with Crippen molar-refractivity contribution in [2.24, 2.45) is 5.92 Å². The lowest BCUT2D eigenvalue weighted by atomic mass is 10.0. The van der Waals surface area contributed by atoms with Crippen LogP contribution in [0, 0.1) is 5.92 Å². The zero-order valence-corrected chi connectivity index (χ0v) is 18.3. The van der Waals surface area contributed by atoms with Gasteiger partial charge in [0.15, 0.2) is 0 Å². The van der Waals surface area contributed by atoms with Crippen LogP contribution in [0.2, 0.25) is 5.02 Å². The van der Waals surface area contributed by atoms with E-state index in [0.29, 0.717) is 28.4 Å². The molecule has 0 spiro atoms. The fraction of sp³-hybridized carbons (Fsp3) is 0.217. The van der Waals surface area contributed by atoms with Gasteiger partial charge in [-0.3, -0.25) is 0 Å². The molecule has 2 heterocycles. The second-order valence-electron chi connectivity index (χ2n) is 7.36. The van der Waals surface area contributed by atoms with Crippen molar-refractivity contribution < 1.29 is 4.52 Å².